The number of likely N-dealkylation sites (N-methyl/N-ethyl adjacent to an activating group) is 1. The number of aromatic nitrogens is 1. The average molecular weight is 191 g/mol. The van der Waals surface area contributed by atoms with Crippen molar-refractivity contribution in [3.63, 3.8) is 0 Å². The second-order valence-electron chi connectivity index (χ2n) is 4.07. The van der Waals surface area contributed by atoms with Crippen LogP contribution in [0.1, 0.15) is 24.4 Å². The Bertz CT molecular complexity index is 286. The van der Waals surface area contributed by atoms with E-state index in [1.807, 2.05) is 12.4 Å². The summed E-state index contributed by atoms with van der Waals surface area (Å²) in [5, 5.41) is 0. The molecule has 2 rings (SSSR count). The molecule has 0 radical (unpaired) electrons. The van der Waals surface area contributed by atoms with Gasteiger partial charge in [0.1, 0.15) is 0 Å². The first-order valence-corrected chi connectivity index (χ1v) is 5.13. The van der Waals surface area contributed by atoms with Gasteiger partial charge in [-0.15, -0.1) is 0 Å². The highest BCUT2D eigenvalue weighted by Gasteiger charge is 2.24. The Morgan fingerprint density at radius 3 is 2.71 bits per heavy atom. The van der Waals surface area contributed by atoms with Crippen LogP contribution in [-0.4, -0.2) is 29.5 Å². The van der Waals surface area contributed by atoms with Crippen LogP contribution in [0.25, 0.3) is 0 Å². The molecule has 0 bridgehead atoms. The van der Waals surface area contributed by atoms with Gasteiger partial charge >= 0.3 is 0 Å². The molecule has 2 atom stereocenters. The van der Waals surface area contributed by atoms with E-state index in [2.05, 4.69) is 29.1 Å². The Balaban J connectivity index is 2.12. The van der Waals surface area contributed by atoms with Gasteiger partial charge in [0.25, 0.3) is 0 Å². The molecule has 1 aliphatic rings. The maximum atomic E-state index is 5.91. The minimum absolute atomic E-state index is 0.345. The van der Waals surface area contributed by atoms with Crippen LogP contribution in [0.4, 0.5) is 0 Å². The van der Waals surface area contributed by atoms with Crippen molar-refractivity contribution in [3.05, 3.63) is 30.1 Å². The van der Waals surface area contributed by atoms with Gasteiger partial charge < -0.3 is 5.73 Å². The van der Waals surface area contributed by atoms with Crippen LogP contribution in [0.5, 0.6) is 0 Å². The van der Waals surface area contributed by atoms with E-state index in [9.17, 15) is 0 Å². The highest BCUT2D eigenvalue weighted by Crippen LogP contribution is 2.28. The third-order valence-corrected chi connectivity index (χ3v) is 2.96. The first-order chi connectivity index (χ1) is 6.77. The van der Waals surface area contributed by atoms with E-state index in [1.165, 1.54) is 5.56 Å². The maximum Gasteiger partial charge on any atom is 0.0347 e. The van der Waals surface area contributed by atoms with Crippen molar-refractivity contribution < 1.29 is 0 Å². The molecule has 0 aliphatic carbocycles. The number of hydrogen-bond donors (Lipinski definition) is 1. The molecule has 0 aromatic carbocycles. The van der Waals surface area contributed by atoms with Gasteiger partial charge in [0, 0.05) is 31.0 Å². The molecule has 1 aromatic rings. The van der Waals surface area contributed by atoms with Gasteiger partial charge in [-0.2, -0.15) is 0 Å². The Morgan fingerprint density at radius 2 is 2.07 bits per heavy atom. The van der Waals surface area contributed by atoms with E-state index in [0.29, 0.717) is 12.1 Å². The van der Waals surface area contributed by atoms with Crippen LogP contribution in [-0.2, 0) is 0 Å². The summed E-state index contributed by atoms with van der Waals surface area (Å²) < 4.78 is 0. The molecule has 2 heterocycles. The molecule has 1 saturated heterocycles. The number of hydrogen-bond acceptors (Lipinski definition) is 3. The molecule has 76 valence electrons. The number of likely N-dealkylation sites (tertiary alicyclic amines) is 1. The van der Waals surface area contributed by atoms with E-state index in [0.717, 1.165) is 19.4 Å². The van der Waals surface area contributed by atoms with E-state index >= 15 is 0 Å². The van der Waals surface area contributed by atoms with E-state index in [-0.39, 0.29) is 0 Å². The van der Waals surface area contributed by atoms with Crippen molar-refractivity contribution in [2.24, 2.45) is 5.73 Å². The zero-order valence-corrected chi connectivity index (χ0v) is 8.56. The molecule has 1 aliphatic heterocycles. The summed E-state index contributed by atoms with van der Waals surface area (Å²) in [5.41, 5.74) is 7.27. The Hall–Kier alpha value is -0.930. The largest absolute Gasteiger partial charge is 0.327 e. The van der Waals surface area contributed by atoms with Gasteiger partial charge in [-0.1, -0.05) is 0 Å². The highest BCUT2D eigenvalue weighted by atomic mass is 15.1. The summed E-state index contributed by atoms with van der Waals surface area (Å²) >= 11 is 0. The van der Waals surface area contributed by atoms with Crippen LogP contribution in [0.15, 0.2) is 24.5 Å². The standard InChI is InChI=1S/C11H17N3/c1-14-8-10(12)2-3-11(14)9-4-6-13-7-5-9/h4-7,10-11H,2-3,8,12H2,1H3. The number of piperidine rings is 1. The minimum Gasteiger partial charge on any atom is -0.327 e. The summed E-state index contributed by atoms with van der Waals surface area (Å²) in [7, 11) is 2.14. The van der Waals surface area contributed by atoms with Crippen LogP contribution < -0.4 is 5.73 Å². The summed E-state index contributed by atoms with van der Waals surface area (Å²) in [6, 6.07) is 5.06. The molecule has 2 N–H and O–H groups in total. The first-order valence-electron chi connectivity index (χ1n) is 5.13. The lowest BCUT2D eigenvalue weighted by atomic mass is 9.94. The van der Waals surface area contributed by atoms with Gasteiger partial charge in [-0.25, -0.2) is 0 Å². The molecule has 3 heteroatoms. The van der Waals surface area contributed by atoms with Crippen molar-refractivity contribution in [2.75, 3.05) is 13.6 Å². The Morgan fingerprint density at radius 1 is 1.36 bits per heavy atom. The molecule has 3 nitrogen and oxygen atoms in total. The fraction of sp³-hybridized carbons (Fsp3) is 0.545. The summed E-state index contributed by atoms with van der Waals surface area (Å²) in [5.74, 6) is 0. The zero-order chi connectivity index (χ0) is 9.97. The summed E-state index contributed by atoms with van der Waals surface area (Å²) in [6.07, 6.45) is 5.99. The van der Waals surface area contributed by atoms with Crippen LogP contribution in [0.3, 0.4) is 0 Å². The molecule has 0 saturated carbocycles. The fourth-order valence-electron chi connectivity index (χ4n) is 2.19. The van der Waals surface area contributed by atoms with Crippen LogP contribution >= 0.6 is 0 Å². The third-order valence-electron chi connectivity index (χ3n) is 2.96. The van der Waals surface area contributed by atoms with Crippen molar-refractivity contribution in [2.45, 2.75) is 24.9 Å². The van der Waals surface area contributed by atoms with Crippen molar-refractivity contribution in [3.8, 4) is 0 Å². The number of pyridine rings is 1. The molecule has 1 fully saturated rings. The molecular formula is C11H17N3. The predicted molar refractivity (Wildman–Crippen MR) is 56.8 cm³/mol. The molecule has 0 spiro atoms. The van der Waals surface area contributed by atoms with Gasteiger partial charge in [-0.3, -0.25) is 9.88 Å². The topological polar surface area (TPSA) is 42.1 Å². The highest BCUT2D eigenvalue weighted by molar-refractivity contribution is 5.15. The SMILES string of the molecule is CN1CC(N)CCC1c1ccncc1. The van der Waals surface area contributed by atoms with Gasteiger partial charge in [0.05, 0.1) is 0 Å². The van der Waals surface area contributed by atoms with E-state index in [1.54, 1.807) is 0 Å². The molecule has 14 heavy (non-hydrogen) atoms. The van der Waals surface area contributed by atoms with Crippen molar-refractivity contribution >= 4 is 0 Å². The monoisotopic (exact) mass is 191 g/mol. The quantitative estimate of drug-likeness (QED) is 0.724. The van der Waals surface area contributed by atoms with Gasteiger partial charge in [0.15, 0.2) is 0 Å². The fourth-order valence-corrected chi connectivity index (χ4v) is 2.19. The smallest absolute Gasteiger partial charge is 0.0347 e. The minimum atomic E-state index is 0.345. The van der Waals surface area contributed by atoms with Crippen LogP contribution in [0.2, 0.25) is 0 Å². The van der Waals surface area contributed by atoms with Crippen molar-refractivity contribution in [1.82, 2.24) is 9.88 Å². The third kappa shape index (κ3) is 1.94. The second kappa shape index (κ2) is 4.07. The van der Waals surface area contributed by atoms with E-state index < -0.39 is 0 Å². The molecule has 1 aromatic heterocycles. The summed E-state index contributed by atoms with van der Waals surface area (Å²) in [6.45, 7) is 0.993. The van der Waals surface area contributed by atoms with E-state index in [4.69, 9.17) is 5.73 Å². The number of rotatable bonds is 1. The second-order valence-corrected chi connectivity index (χ2v) is 4.07. The maximum absolute atomic E-state index is 5.91. The van der Waals surface area contributed by atoms with Crippen molar-refractivity contribution in [1.29, 1.82) is 0 Å². The lowest BCUT2D eigenvalue weighted by molar-refractivity contribution is 0.169. The molecule has 0 amide bonds. The summed E-state index contributed by atoms with van der Waals surface area (Å²) in [4.78, 5) is 6.37. The molecule has 2 unspecified atom stereocenters. The van der Waals surface area contributed by atoms with Crippen LogP contribution in [0, 0.1) is 0 Å². The van der Waals surface area contributed by atoms with Gasteiger partial charge in [0.2, 0.25) is 0 Å². The average Bonchev–Trinajstić information content (AvgIpc) is 2.19. The zero-order valence-electron chi connectivity index (χ0n) is 8.56. The molecular weight excluding hydrogens is 174 g/mol. The number of nitrogens with zero attached hydrogens (tertiary/aromatic N) is 2. The lowest BCUT2D eigenvalue weighted by Gasteiger charge is -2.35. The normalized spacial score (nSPS) is 29.0. The first kappa shape index (κ1) is 9.62. The van der Waals surface area contributed by atoms with Gasteiger partial charge in [-0.05, 0) is 37.6 Å². The number of nitrogens with two attached hydrogens (primary N) is 1. The Kier molecular flexibility index (Phi) is 2.79. The Labute approximate surface area is 84.9 Å². The predicted octanol–water partition coefficient (Wildman–Crippen LogP) is 1.18. The lowest BCUT2D eigenvalue weighted by Crippen LogP contribution is -2.42.